The van der Waals surface area contributed by atoms with Crippen molar-refractivity contribution in [2.75, 3.05) is 19.7 Å². The monoisotopic (exact) mass is 402 g/mol. The maximum Gasteiger partial charge on any atom is 0.274 e. The number of hydrogen-bond donors (Lipinski definition) is 1. The predicted octanol–water partition coefficient (Wildman–Crippen LogP) is 2.55. The fraction of sp³-hybridized carbons (Fsp3) is 0.400. The summed E-state index contributed by atoms with van der Waals surface area (Å²) in [6.07, 6.45) is 5.89. The number of rotatable bonds is 5. The molecule has 3 rings (SSSR count). The van der Waals surface area contributed by atoms with Gasteiger partial charge in [0, 0.05) is 36.5 Å². The Morgan fingerprint density at radius 3 is 2.50 bits per heavy atom. The molecule has 0 aliphatic carbocycles. The summed E-state index contributed by atoms with van der Waals surface area (Å²) in [5.74, 6) is 0.317. The smallest absolute Gasteiger partial charge is 0.274 e. The zero-order valence-electron chi connectivity index (χ0n) is 15.9. The van der Waals surface area contributed by atoms with E-state index in [2.05, 4.69) is 15.3 Å². The third-order valence-electron chi connectivity index (χ3n) is 4.71. The Kier molecular flexibility index (Phi) is 6.46. The lowest BCUT2D eigenvalue weighted by atomic mass is 10.0. The first-order chi connectivity index (χ1) is 13.4. The highest BCUT2D eigenvalue weighted by atomic mass is 35.5. The van der Waals surface area contributed by atoms with Gasteiger partial charge in [-0.05, 0) is 49.9 Å². The van der Waals surface area contributed by atoms with Crippen LogP contribution in [-0.4, -0.2) is 52.4 Å². The molecule has 1 aliphatic heterocycles. The summed E-state index contributed by atoms with van der Waals surface area (Å²) in [6, 6.07) is 3.66. The second-order valence-corrected chi connectivity index (χ2v) is 7.26. The summed E-state index contributed by atoms with van der Waals surface area (Å²) in [4.78, 5) is 34.3. The largest absolute Gasteiger partial charge is 0.484 e. The first kappa shape index (κ1) is 20.1. The van der Waals surface area contributed by atoms with Crippen LogP contribution in [0.5, 0.6) is 5.75 Å². The van der Waals surface area contributed by atoms with Crippen molar-refractivity contribution in [3.63, 3.8) is 0 Å². The van der Waals surface area contributed by atoms with E-state index in [1.54, 1.807) is 4.90 Å². The van der Waals surface area contributed by atoms with Gasteiger partial charge in [-0.2, -0.15) is 0 Å². The van der Waals surface area contributed by atoms with E-state index in [1.165, 1.54) is 18.6 Å². The molecule has 2 amide bonds. The fourth-order valence-electron chi connectivity index (χ4n) is 3.21. The van der Waals surface area contributed by atoms with Crippen LogP contribution in [-0.2, 0) is 4.79 Å². The van der Waals surface area contributed by atoms with Gasteiger partial charge in [0.2, 0.25) is 0 Å². The molecule has 28 heavy (non-hydrogen) atoms. The van der Waals surface area contributed by atoms with E-state index in [-0.39, 0.29) is 24.5 Å². The van der Waals surface area contributed by atoms with Crippen molar-refractivity contribution in [3.8, 4) is 5.75 Å². The number of hydrogen-bond acceptors (Lipinski definition) is 5. The molecule has 7 nitrogen and oxygen atoms in total. The van der Waals surface area contributed by atoms with Gasteiger partial charge >= 0.3 is 0 Å². The lowest BCUT2D eigenvalue weighted by Gasteiger charge is -2.32. The summed E-state index contributed by atoms with van der Waals surface area (Å²) in [5, 5.41) is 3.68. The molecule has 0 saturated carbocycles. The maximum atomic E-state index is 12.4. The van der Waals surface area contributed by atoms with E-state index in [0.717, 1.165) is 11.1 Å². The number of ether oxygens (including phenoxy) is 1. The van der Waals surface area contributed by atoms with Crippen molar-refractivity contribution in [2.24, 2.45) is 0 Å². The molecule has 2 heterocycles. The average molecular weight is 403 g/mol. The van der Waals surface area contributed by atoms with Crippen molar-refractivity contribution >= 4 is 23.4 Å². The van der Waals surface area contributed by atoms with Crippen LogP contribution in [0.4, 0.5) is 0 Å². The van der Waals surface area contributed by atoms with E-state index in [0.29, 0.717) is 42.4 Å². The summed E-state index contributed by atoms with van der Waals surface area (Å²) in [7, 11) is 0. The molecular formula is C20H23ClN4O3. The van der Waals surface area contributed by atoms with Crippen LogP contribution < -0.4 is 10.1 Å². The number of aryl methyl sites for hydroxylation is 2. The van der Waals surface area contributed by atoms with Crippen molar-refractivity contribution < 1.29 is 14.3 Å². The van der Waals surface area contributed by atoms with E-state index in [1.807, 2.05) is 26.0 Å². The quantitative estimate of drug-likeness (QED) is 0.830. The van der Waals surface area contributed by atoms with Gasteiger partial charge in [-0.3, -0.25) is 14.6 Å². The number of amides is 2. The van der Waals surface area contributed by atoms with E-state index in [9.17, 15) is 9.59 Å². The van der Waals surface area contributed by atoms with Crippen LogP contribution in [0.25, 0.3) is 0 Å². The van der Waals surface area contributed by atoms with Crippen molar-refractivity contribution in [3.05, 3.63) is 52.6 Å². The number of nitrogens with one attached hydrogen (secondary N) is 1. The second-order valence-electron chi connectivity index (χ2n) is 6.88. The van der Waals surface area contributed by atoms with Gasteiger partial charge in [0.25, 0.3) is 11.8 Å². The number of likely N-dealkylation sites (tertiary alicyclic amines) is 1. The number of benzene rings is 1. The zero-order valence-corrected chi connectivity index (χ0v) is 16.7. The molecule has 0 spiro atoms. The lowest BCUT2D eigenvalue weighted by molar-refractivity contribution is -0.124. The number of carbonyl (C=O) groups is 2. The molecule has 1 saturated heterocycles. The highest BCUT2D eigenvalue weighted by Crippen LogP contribution is 2.25. The van der Waals surface area contributed by atoms with Gasteiger partial charge < -0.3 is 15.0 Å². The summed E-state index contributed by atoms with van der Waals surface area (Å²) in [6.45, 7) is 4.88. The van der Waals surface area contributed by atoms with Gasteiger partial charge in [0.1, 0.15) is 11.4 Å². The highest BCUT2D eigenvalue weighted by Gasteiger charge is 2.25. The van der Waals surface area contributed by atoms with Crippen molar-refractivity contribution in [2.45, 2.75) is 32.7 Å². The Hall–Kier alpha value is -2.67. The van der Waals surface area contributed by atoms with Crippen LogP contribution in [0.1, 0.15) is 34.5 Å². The van der Waals surface area contributed by atoms with Gasteiger partial charge in [-0.1, -0.05) is 11.6 Å². The summed E-state index contributed by atoms with van der Waals surface area (Å²) < 4.78 is 5.59. The number of carbonyl (C=O) groups excluding carboxylic acids is 2. The molecule has 1 aromatic carbocycles. The minimum atomic E-state index is -0.177. The van der Waals surface area contributed by atoms with Gasteiger partial charge in [-0.15, -0.1) is 0 Å². The second kappa shape index (κ2) is 9.01. The number of halogens is 1. The van der Waals surface area contributed by atoms with Gasteiger partial charge in [-0.25, -0.2) is 4.98 Å². The van der Waals surface area contributed by atoms with E-state index < -0.39 is 0 Å². The minimum absolute atomic E-state index is 0.0238. The molecule has 1 aromatic heterocycles. The Morgan fingerprint density at radius 2 is 1.89 bits per heavy atom. The van der Waals surface area contributed by atoms with Crippen LogP contribution in [0.15, 0.2) is 30.7 Å². The Morgan fingerprint density at radius 1 is 1.21 bits per heavy atom. The first-order valence-electron chi connectivity index (χ1n) is 9.18. The Bertz CT molecular complexity index is 829. The predicted molar refractivity (Wildman–Crippen MR) is 106 cm³/mol. The number of nitrogens with zero attached hydrogens (tertiary/aromatic N) is 3. The van der Waals surface area contributed by atoms with Crippen LogP contribution in [0, 0.1) is 13.8 Å². The number of aromatic nitrogens is 2. The molecule has 0 bridgehead atoms. The molecule has 1 fully saturated rings. The molecule has 8 heteroatoms. The maximum absolute atomic E-state index is 12.4. The summed E-state index contributed by atoms with van der Waals surface area (Å²) >= 11 is 6.14. The topological polar surface area (TPSA) is 84.4 Å². The van der Waals surface area contributed by atoms with Gasteiger partial charge in [0.05, 0.1) is 6.20 Å². The molecule has 0 unspecified atom stereocenters. The first-order valence-corrected chi connectivity index (χ1v) is 9.56. The molecule has 2 aromatic rings. The van der Waals surface area contributed by atoms with E-state index >= 15 is 0 Å². The van der Waals surface area contributed by atoms with Crippen molar-refractivity contribution in [1.82, 2.24) is 20.2 Å². The Balaban J connectivity index is 1.44. The lowest BCUT2D eigenvalue weighted by Crippen LogP contribution is -2.47. The molecule has 0 radical (unpaired) electrons. The third-order valence-corrected chi connectivity index (χ3v) is 5.31. The average Bonchev–Trinajstić information content (AvgIpc) is 2.71. The molecule has 148 valence electrons. The van der Waals surface area contributed by atoms with E-state index in [4.69, 9.17) is 16.3 Å². The van der Waals surface area contributed by atoms with Crippen LogP contribution >= 0.6 is 11.6 Å². The normalized spacial score (nSPS) is 14.6. The molecule has 1 aliphatic rings. The third kappa shape index (κ3) is 4.98. The Labute approximate surface area is 169 Å². The molecule has 0 atom stereocenters. The molecular weight excluding hydrogens is 380 g/mol. The molecule has 1 N–H and O–H groups in total. The number of piperidine rings is 1. The van der Waals surface area contributed by atoms with Gasteiger partial charge in [0.15, 0.2) is 6.61 Å². The minimum Gasteiger partial charge on any atom is -0.484 e. The summed E-state index contributed by atoms with van der Waals surface area (Å²) in [5.41, 5.74) is 2.17. The van der Waals surface area contributed by atoms with Crippen molar-refractivity contribution in [1.29, 1.82) is 0 Å². The standard InChI is InChI=1S/C20H23ClN4O3/c1-13-9-16(10-14(2)19(13)21)28-12-18(26)24-15-3-7-25(8-4-15)20(27)17-11-22-5-6-23-17/h5-6,9-11,15H,3-4,7-8,12H2,1-2H3,(H,24,26). The van der Waals surface area contributed by atoms with Crippen LogP contribution in [0.2, 0.25) is 5.02 Å². The zero-order chi connectivity index (χ0) is 20.1. The van der Waals surface area contributed by atoms with Crippen LogP contribution in [0.3, 0.4) is 0 Å². The SMILES string of the molecule is Cc1cc(OCC(=O)NC2CCN(C(=O)c3cnccn3)CC2)cc(C)c1Cl. The highest BCUT2D eigenvalue weighted by molar-refractivity contribution is 6.32. The fourth-order valence-corrected chi connectivity index (χ4v) is 3.32.